The summed E-state index contributed by atoms with van der Waals surface area (Å²) in [5.74, 6) is -1.08. The SMILES string of the molecule is O=C(O)c1ccc(C2(NC(=O)c3cccc4c3N(Cc3ccc(Cl)c(Cl)c3)CC4)CC2)cc1. The van der Waals surface area contributed by atoms with Crippen LogP contribution in [0.2, 0.25) is 10.0 Å². The second-order valence-corrected chi connectivity index (χ2v) is 9.47. The van der Waals surface area contributed by atoms with Crippen molar-refractivity contribution in [2.24, 2.45) is 0 Å². The molecule has 7 heteroatoms. The first-order chi connectivity index (χ1) is 15.9. The summed E-state index contributed by atoms with van der Waals surface area (Å²) in [6, 6.07) is 18.2. The van der Waals surface area contributed by atoms with Gasteiger partial charge in [0, 0.05) is 13.1 Å². The van der Waals surface area contributed by atoms with E-state index in [4.69, 9.17) is 28.3 Å². The minimum absolute atomic E-state index is 0.118. The maximum atomic E-state index is 13.4. The molecule has 1 fully saturated rings. The molecule has 0 saturated heterocycles. The highest BCUT2D eigenvalue weighted by Gasteiger charge is 2.46. The first-order valence-corrected chi connectivity index (χ1v) is 11.6. The lowest BCUT2D eigenvalue weighted by Gasteiger charge is -2.24. The number of carboxylic acid groups (broad SMARTS) is 1. The molecule has 2 N–H and O–H groups in total. The van der Waals surface area contributed by atoms with Gasteiger partial charge in [0.25, 0.3) is 5.91 Å². The Morgan fingerprint density at radius 2 is 1.76 bits per heavy atom. The topological polar surface area (TPSA) is 69.6 Å². The zero-order valence-electron chi connectivity index (χ0n) is 17.8. The zero-order chi connectivity index (χ0) is 23.2. The van der Waals surface area contributed by atoms with Crippen LogP contribution >= 0.6 is 23.2 Å². The number of rotatable bonds is 6. The molecule has 5 nitrogen and oxygen atoms in total. The molecule has 0 unspecified atom stereocenters. The average molecular weight is 481 g/mol. The van der Waals surface area contributed by atoms with Gasteiger partial charge in [0.15, 0.2) is 0 Å². The predicted octanol–water partition coefficient (Wildman–Crippen LogP) is 5.67. The summed E-state index contributed by atoms with van der Waals surface area (Å²) in [5, 5.41) is 13.4. The fourth-order valence-corrected chi connectivity index (χ4v) is 4.88. The molecule has 33 heavy (non-hydrogen) atoms. The van der Waals surface area contributed by atoms with Crippen LogP contribution in [0.15, 0.2) is 60.7 Å². The first-order valence-electron chi connectivity index (χ1n) is 10.8. The van der Waals surface area contributed by atoms with E-state index in [1.54, 1.807) is 30.3 Å². The Labute approximate surface area is 201 Å². The second-order valence-electron chi connectivity index (χ2n) is 8.65. The lowest BCUT2D eigenvalue weighted by atomic mass is 10.0. The Bertz CT molecular complexity index is 1250. The third kappa shape index (κ3) is 4.19. The number of benzene rings is 3. The molecule has 0 radical (unpaired) electrons. The molecule has 0 atom stereocenters. The molecular weight excluding hydrogens is 459 g/mol. The van der Waals surface area contributed by atoms with Gasteiger partial charge in [-0.2, -0.15) is 0 Å². The smallest absolute Gasteiger partial charge is 0.335 e. The Morgan fingerprint density at radius 1 is 1.00 bits per heavy atom. The van der Waals surface area contributed by atoms with Gasteiger partial charge in [0.1, 0.15) is 0 Å². The van der Waals surface area contributed by atoms with Gasteiger partial charge in [0.05, 0.1) is 32.4 Å². The van der Waals surface area contributed by atoms with Crippen molar-refractivity contribution in [2.75, 3.05) is 11.4 Å². The predicted molar refractivity (Wildman–Crippen MR) is 129 cm³/mol. The first kappa shape index (κ1) is 21.8. The minimum atomic E-state index is -0.961. The summed E-state index contributed by atoms with van der Waals surface area (Å²) in [7, 11) is 0. The molecule has 0 spiro atoms. The number of halogens is 2. The van der Waals surface area contributed by atoms with E-state index in [0.717, 1.165) is 48.2 Å². The molecule has 1 saturated carbocycles. The summed E-state index contributed by atoms with van der Waals surface area (Å²) in [6.07, 6.45) is 2.53. The fraction of sp³-hybridized carbons (Fsp3) is 0.231. The number of carbonyl (C=O) groups excluding carboxylic acids is 1. The third-order valence-electron chi connectivity index (χ3n) is 6.48. The number of nitrogens with one attached hydrogen (secondary N) is 1. The van der Waals surface area contributed by atoms with Crippen molar-refractivity contribution < 1.29 is 14.7 Å². The quantitative estimate of drug-likeness (QED) is 0.476. The van der Waals surface area contributed by atoms with Crippen LogP contribution in [0.4, 0.5) is 5.69 Å². The molecule has 1 heterocycles. The van der Waals surface area contributed by atoms with Crippen molar-refractivity contribution in [3.05, 3.63) is 98.5 Å². The summed E-state index contributed by atoms with van der Waals surface area (Å²) >= 11 is 12.3. The van der Waals surface area contributed by atoms with Gasteiger partial charge in [-0.1, -0.05) is 53.5 Å². The van der Waals surface area contributed by atoms with Crippen LogP contribution in [-0.2, 0) is 18.5 Å². The molecule has 2 aliphatic rings. The number of fused-ring (bicyclic) bond motifs is 1. The van der Waals surface area contributed by atoms with Crippen LogP contribution in [0.1, 0.15) is 50.2 Å². The summed E-state index contributed by atoms with van der Waals surface area (Å²) in [5.41, 5.74) is 4.52. The van der Waals surface area contributed by atoms with Crippen LogP contribution in [-0.4, -0.2) is 23.5 Å². The van der Waals surface area contributed by atoms with Crippen LogP contribution < -0.4 is 10.2 Å². The van der Waals surface area contributed by atoms with Crippen molar-refractivity contribution in [3.63, 3.8) is 0 Å². The number of anilines is 1. The van der Waals surface area contributed by atoms with Gasteiger partial charge >= 0.3 is 5.97 Å². The van der Waals surface area contributed by atoms with E-state index in [2.05, 4.69) is 16.3 Å². The molecule has 3 aromatic rings. The van der Waals surface area contributed by atoms with Gasteiger partial charge in [-0.25, -0.2) is 4.79 Å². The van der Waals surface area contributed by atoms with E-state index < -0.39 is 11.5 Å². The lowest BCUT2D eigenvalue weighted by Crippen LogP contribution is -2.36. The number of carboxylic acids is 1. The molecule has 0 bridgehead atoms. The van der Waals surface area contributed by atoms with E-state index in [9.17, 15) is 9.59 Å². The number of para-hydroxylation sites is 1. The number of nitrogens with zero attached hydrogens (tertiary/aromatic N) is 1. The van der Waals surface area contributed by atoms with Gasteiger partial charge < -0.3 is 15.3 Å². The summed E-state index contributed by atoms with van der Waals surface area (Å²) in [4.78, 5) is 26.8. The molecule has 1 aliphatic heterocycles. The molecule has 1 amide bonds. The number of hydrogen-bond donors (Lipinski definition) is 2. The van der Waals surface area contributed by atoms with Crippen LogP contribution in [0.5, 0.6) is 0 Å². The maximum Gasteiger partial charge on any atom is 0.335 e. The van der Waals surface area contributed by atoms with Crippen molar-refractivity contribution in [1.29, 1.82) is 0 Å². The third-order valence-corrected chi connectivity index (χ3v) is 7.22. The van der Waals surface area contributed by atoms with Crippen molar-refractivity contribution in [1.82, 2.24) is 5.32 Å². The van der Waals surface area contributed by atoms with Gasteiger partial charge in [0.2, 0.25) is 0 Å². The van der Waals surface area contributed by atoms with E-state index in [1.807, 2.05) is 24.3 Å². The van der Waals surface area contributed by atoms with Crippen LogP contribution in [0, 0.1) is 0 Å². The lowest BCUT2D eigenvalue weighted by molar-refractivity contribution is 0.0696. The zero-order valence-corrected chi connectivity index (χ0v) is 19.3. The summed E-state index contributed by atoms with van der Waals surface area (Å²) < 4.78 is 0. The number of amides is 1. The van der Waals surface area contributed by atoms with Gasteiger partial charge in [-0.3, -0.25) is 4.79 Å². The number of aromatic carboxylic acids is 1. The fourth-order valence-electron chi connectivity index (χ4n) is 4.56. The van der Waals surface area contributed by atoms with Crippen LogP contribution in [0.25, 0.3) is 0 Å². The normalized spacial score (nSPS) is 15.8. The van der Waals surface area contributed by atoms with E-state index in [-0.39, 0.29) is 11.5 Å². The Morgan fingerprint density at radius 3 is 2.42 bits per heavy atom. The van der Waals surface area contributed by atoms with E-state index in [1.165, 1.54) is 0 Å². The maximum absolute atomic E-state index is 13.4. The monoisotopic (exact) mass is 480 g/mol. The van der Waals surface area contributed by atoms with Crippen molar-refractivity contribution in [2.45, 2.75) is 31.3 Å². The minimum Gasteiger partial charge on any atom is -0.478 e. The standard InChI is InChI=1S/C26H22Cl2N2O3/c27-21-9-4-16(14-22(21)28)15-30-13-10-17-2-1-3-20(23(17)30)24(31)29-26(11-12-26)19-7-5-18(6-8-19)25(32)33/h1-9,14H,10-13,15H2,(H,29,31)(H,32,33). The van der Waals surface area contributed by atoms with E-state index >= 15 is 0 Å². The molecule has 3 aromatic carbocycles. The number of carbonyl (C=O) groups is 2. The van der Waals surface area contributed by atoms with Crippen LogP contribution in [0.3, 0.4) is 0 Å². The van der Waals surface area contributed by atoms with Crippen molar-refractivity contribution >= 4 is 40.8 Å². The second kappa shape index (κ2) is 8.40. The Hall–Kier alpha value is -3.02. The molecule has 0 aromatic heterocycles. The molecule has 168 valence electrons. The number of hydrogen-bond acceptors (Lipinski definition) is 3. The molecule has 1 aliphatic carbocycles. The molecule has 5 rings (SSSR count). The van der Waals surface area contributed by atoms with Gasteiger partial charge in [-0.05, 0) is 66.3 Å². The Balaban J connectivity index is 1.39. The largest absolute Gasteiger partial charge is 0.478 e. The highest BCUT2D eigenvalue weighted by molar-refractivity contribution is 6.42. The van der Waals surface area contributed by atoms with E-state index in [0.29, 0.717) is 22.2 Å². The Kier molecular flexibility index (Phi) is 5.55. The van der Waals surface area contributed by atoms with Crippen molar-refractivity contribution in [3.8, 4) is 0 Å². The highest BCUT2D eigenvalue weighted by atomic mass is 35.5. The average Bonchev–Trinajstić information content (AvgIpc) is 3.48. The van der Waals surface area contributed by atoms with Gasteiger partial charge in [-0.15, -0.1) is 0 Å². The highest BCUT2D eigenvalue weighted by Crippen LogP contribution is 2.46. The molecular formula is C26H22Cl2N2O3. The summed E-state index contributed by atoms with van der Waals surface area (Å²) in [6.45, 7) is 1.46.